The lowest BCUT2D eigenvalue weighted by Crippen LogP contribution is -2.29. The van der Waals surface area contributed by atoms with Gasteiger partial charge >= 0.3 is 0 Å². The summed E-state index contributed by atoms with van der Waals surface area (Å²) < 4.78 is 0.949. The van der Waals surface area contributed by atoms with E-state index in [1.807, 2.05) is 35.7 Å². The number of thiophene rings is 1. The first kappa shape index (κ1) is 14.2. The second kappa shape index (κ2) is 6.84. The molecular formula is C14H15BrN2OS. The summed E-state index contributed by atoms with van der Waals surface area (Å²) in [5.74, 6) is -0.0403. The summed E-state index contributed by atoms with van der Waals surface area (Å²) in [6, 6.07) is 11.8. The van der Waals surface area contributed by atoms with Crippen LogP contribution < -0.4 is 10.6 Å². The van der Waals surface area contributed by atoms with Crippen molar-refractivity contribution in [1.29, 1.82) is 0 Å². The molecule has 2 N–H and O–H groups in total. The van der Waals surface area contributed by atoms with Crippen molar-refractivity contribution in [3.05, 3.63) is 51.1 Å². The van der Waals surface area contributed by atoms with E-state index in [9.17, 15) is 4.79 Å². The molecule has 0 aliphatic heterocycles. The maximum atomic E-state index is 11.8. The molecule has 1 aromatic heterocycles. The van der Waals surface area contributed by atoms with E-state index in [0.29, 0.717) is 6.54 Å². The summed E-state index contributed by atoms with van der Waals surface area (Å²) in [4.78, 5) is 13.0. The van der Waals surface area contributed by atoms with Gasteiger partial charge in [0.15, 0.2) is 0 Å². The normalized spacial score (nSPS) is 12.1. The van der Waals surface area contributed by atoms with Crippen LogP contribution in [0.1, 0.15) is 17.8 Å². The first-order chi connectivity index (χ1) is 9.15. The van der Waals surface area contributed by atoms with Gasteiger partial charge in [-0.25, -0.2) is 0 Å². The van der Waals surface area contributed by atoms with E-state index < -0.39 is 0 Å². The molecule has 0 saturated carbocycles. The Labute approximate surface area is 125 Å². The highest BCUT2D eigenvalue weighted by Gasteiger charge is 2.08. The fourth-order valence-corrected chi connectivity index (χ4v) is 2.81. The van der Waals surface area contributed by atoms with Crippen LogP contribution in [0.4, 0.5) is 5.69 Å². The van der Waals surface area contributed by atoms with E-state index in [0.717, 1.165) is 10.2 Å². The molecule has 0 saturated heterocycles. The van der Waals surface area contributed by atoms with Crippen molar-refractivity contribution >= 4 is 38.9 Å². The van der Waals surface area contributed by atoms with Crippen molar-refractivity contribution in [3.63, 3.8) is 0 Å². The van der Waals surface area contributed by atoms with Crippen molar-refractivity contribution < 1.29 is 4.79 Å². The predicted octanol–water partition coefficient (Wildman–Crippen LogP) is 3.80. The average molecular weight is 339 g/mol. The summed E-state index contributed by atoms with van der Waals surface area (Å²) in [6.45, 7) is 2.35. The average Bonchev–Trinajstić information content (AvgIpc) is 2.90. The summed E-state index contributed by atoms with van der Waals surface area (Å²) >= 11 is 5.06. The third-order valence-electron chi connectivity index (χ3n) is 2.65. The van der Waals surface area contributed by atoms with Crippen LogP contribution in [0, 0.1) is 0 Å². The molecule has 2 rings (SSSR count). The van der Waals surface area contributed by atoms with Crippen LogP contribution in [0.2, 0.25) is 0 Å². The minimum Gasteiger partial charge on any atom is -0.325 e. The van der Waals surface area contributed by atoms with Crippen molar-refractivity contribution in [1.82, 2.24) is 5.32 Å². The lowest BCUT2D eigenvalue weighted by molar-refractivity contribution is -0.115. The predicted molar refractivity (Wildman–Crippen MR) is 83.5 cm³/mol. The molecule has 1 atom stereocenters. The fraction of sp³-hybridized carbons (Fsp3) is 0.214. The minimum absolute atomic E-state index is 0.0403. The van der Waals surface area contributed by atoms with E-state index in [1.54, 1.807) is 11.3 Å². The number of amides is 1. The van der Waals surface area contributed by atoms with Gasteiger partial charge in [-0.2, -0.15) is 0 Å². The van der Waals surface area contributed by atoms with E-state index in [1.165, 1.54) is 4.88 Å². The Kier molecular flexibility index (Phi) is 5.13. The topological polar surface area (TPSA) is 41.1 Å². The van der Waals surface area contributed by atoms with Gasteiger partial charge in [-0.05, 0) is 36.6 Å². The van der Waals surface area contributed by atoms with Gasteiger partial charge in [0.2, 0.25) is 5.91 Å². The summed E-state index contributed by atoms with van der Waals surface area (Å²) in [6.07, 6.45) is 0. The molecule has 0 aliphatic rings. The molecule has 3 nitrogen and oxygen atoms in total. The Balaban J connectivity index is 1.82. The highest BCUT2D eigenvalue weighted by molar-refractivity contribution is 9.10. The fourth-order valence-electron chi connectivity index (χ4n) is 1.66. The Morgan fingerprint density at radius 2 is 2.21 bits per heavy atom. The summed E-state index contributed by atoms with van der Waals surface area (Å²) in [5, 5.41) is 8.10. The number of anilines is 1. The molecule has 0 bridgehead atoms. The van der Waals surface area contributed by atoms with E-state index >= 15 is 0 Å². The van der Waals surface area contributed by atoms with Gasteiger partial charge < -0.3 is 10.6 Å². The zero-order valence-corrected chi connectivity index (χ0v) is 12.9. The number of hydrogen-bond donors (Lipinski definition) is 2. The number of nitrogens with one attached hydrogen (secondary N) is 2. The zero-order valence-electron chi connectivity index (χ0n) is 10.5. The molecule has 100 valence electrons. The smallest absolute Gasteiger partial charge is 0.238 e. The van der Waals surface area contributed by atoms with E-state index in [2.05, 4.69) is 39.6 Å². The van der Waals surface area contributed by atoms with Crippen molar-refractivity contribution in [2.24, 2.45) is 0 Å². The first-order valence-electron chi connectivity index (χ1n) is 5.97. The number of rotatable bonds is 5. The lowest BCUT2D eigenvalue weighted by atomic mass is 10.2. The highest BCUT2D eigenvalue weighted by Crippen LogP contribution is 2.18. The molecule has 19 heavy (non-hydrogen) atoms. The minimum atomic E-state index is -0.0403. The standard InChI is InChI=1S/C14H15BrN2OS/c1-10(13-6-3-7-19-13)16-9-14(18)17-12-5-2-4-11(15)8-12/h2-8,10,16H,9H2,1H3,(H,17,18)/t10-/m0/s1. The lowest BCUT2D eigenvalue weighted by Gasteiger charge is -2.12. The van der Waals surface area contributed by atoms with Crippen LogP contribution in [0.25, 0.3) is 0 Å². The third-order valence-corrected chi connectivity index (χ3v) is 4.20. The molecule has 1 amide bonds. The van der Waals surface area contributed by atoms with Gasteiger partial charge in [-0.1, -0.05) is 28.1 Å². The second-order valence-corrected chi connectivity index (χ2v) is 6.07. The number of benzene rings is 1. The maximum Gasteiger partial charge on any atom is 0.238 e. The van der Waals surface area contributed by atoms with Gasteiger partial charge in [0, 0.05) is 21.1 Å². The van der Waals surface area contributed by atoms with Crippen LogP contribution in [0.15, 0.2) is 46.3 Å². The molecule has 0 fully saturated rings. The van der Waals surface area contributed by atoms with Gasteiger partial charge in [-0.3, -0.25) is 4.79 Å². The van der Waals surface area contributed by atoms with Crippen LogP contribution >= 0.6 is 27.3 Å². The second-order valence-electron chi connectivity index (χ2n) is 4.18. The summed E-state index contributed by atoms with van der Waals surface area (Å²) in [7, 11) is 0. The molecule has 5 heteroatoms. The first-order valence-corrected chi connectivity index (χ1v) is 7.64. The molecule has 1 heterocycles. The van der Waals surface area contributed by atoms with Gasteiger partial charge in [0.25, 0.3) is 0 Å². The molecule has 0 radical (unpaired) electrons. The van der Waals surface area contributed by atoms with E-state index in [4.69, 9.17) is 0 Å². The largest absolute Gasteiger partial charge is 0.325 e. The number of hydrogen-bond acceptors (Lipinski definition) is 3. The quantitative estimate of drug-likeness (QED) is 0.870. The van der Waals surface area contributed by atoms with E-state index in [-0.39, 0.29) is 11.9 Å². The van der Waals surface area contributed by atoms with Gasteiger partial charge in [-0.15, -0.1) is 11.3 Å². The summed E-state index contributed by atoms with van der Waals surface area (Å²) in [5.41, 5.74) is 0.796. The Morgan fingerprint density at radius 3 is 2.89 bits per heavy atom. The Bertz CT molecular complexity index is 542. The molecule has 2 aromatic rings. The van der Waals surface area contributed by atoms with Gasteiger partial charge in [0.1, 0.15) is 0 Å². The van der Waals surface area contributed by atoms with Crippen LogP contribution in [-0.2, 0) is 4.79 Å². The number of carbonyl (C=O) groups excluding carboxylic acids is 1. The number of halogens is 1. The van der Waals surface area contributed by atoms with Crippen molar-refractivity contribution in [2.75, 3.05) is 11.9 Å². The maximum absolute atomic E-state index is 11.8. The Morgan fingerprint density at radius 1 is 1.37 bits per heavy atom. The molecule has 0 spiro atoms. The molecule has 1 aromatic carbocycles. The molecule has 0 unspecified atom stereocenters. The van der Waals surface area contributed by atoms with Crippen molar-refractivity contribution in [3.8, 4) is 0 Å². The van der Waals surface area contributed by atoms with Crippen LogP contribution in [0.3, 0.4) is 0 Å². The SMILES string of the molecule is C[C@H](NCC(=O)Nc1cccc(Br)c1)c1cccs1. The van der Waals surface area contributed by atoms with Crippen molar-refractivity contribution in [2.45, 2.75) is 13.0 Å². The zero-order chi connectivity index (χ0) is 13.7. The highest BCUT2D eigenvalue weighted by atomic mass is 79.9. The Hall–Kier alpha value is -1.17. The van der Waals surface area contributed by atoms with Gasteiger partial charge in [0.05, 0.1) is 6.54 Å². The third kappa shape index (κ3) is 4.45. The number of carbonyl (C=O) groups is 1. The van der Waals surface area contributed by atoms with Crippen LogP contribution in [-0.4, -0.2) is 12.5 Å². The molecule has 0 aliphatic carbocycles. The monoisotopic (exact) mass is 338 g/mol. The van der Waals surface area contributed by atoms with Crippen LogP contribution in [0.5, 0.6) is 0 Å². The molecular weight excluding hydrogens is 324 g/mol.